The first kappa shape index (κ1) is 15.2. The Labute approximate surface area is 129 Å². The third-order valence-corrected chi connectivity index (χ3v) is 5.14. The molecule has 0 nitrogen and oxygen atoms in total. The SMILES string of the molecule is Cc1cc(C(Br)c2c(C)c(C)cc(C)c2C)ccc1F. The van der Waals surface area contributed by atoms with Gasteiger partial charge in [0.2, 0.25) is 0 Å². The van der Waals surface area contributed by atoms with E-state index in [-0.39, 0.29) is 10.6 Å². The summed E-state index contributed by atoms with van der Waals surface area (Å²) in [4.78, 5) is 0.0976. The molecule has 106 valence electrons. The summed E-state index contributed by atoms with van der Waals surface area (Å²) in [5.74, 6) is -0.151. The van der Waals surface area contributed by atoms with Crippen molar-refractivity contribution >= 4 is 15.9 Å². The summed E-state index contributed by atoms with van der Waals surface area (Å²) in [6.07, 6.45) is 0. The van der Waals surface area contributed by atoms with E-state index < -0.39 is 0 Å². The molecule has 0 spiro atoms. The van der Waals surface area contributed by atoms with Crippen LogP contribution in [0.25, 0.3) is 0 Å². The zero-order chi connectivity index (χ0) is 15.0. The van der Waals surface area contributed by atoms with Crippen LogP contribution in [-0.4, -0.2) is 0 Å². The van der Waals surface area contributed by atoms with Gasteiger partial charge in [0, 0.05) is 0 Å². The quantitative estimate of drug-likeness (QED) is 0.604. The minimum absolute atomic E-state index is 0.0976. The second kappa shape index (κ2) is 5.69. The molecule has 2 aromatic carbocycles. The lowest BCUT2D eigenvalue weighted by Crippen LogP contribution is -2.03. The molecule has 0 aromatic heterocycles. The number of benzene rings is 2. The van der Waals surface area contributed by atoms with Crippen LogP contribution in [0.3, 0.4) is 0 Å². The minimum Gasteiger partial charge on any atom is -0.207 e. The largest absolute Gasteiger partial charge is 0.207 e. The lowest BCUT2D eigenvalue weighted by atomic mass is 9.90. The van der Waals surface area contributed by atoms with Gasteiger partial charge in [-0.05, 0) is 79.6 Å². The van der Waals surface area contributed by atoms with Crippen LogP contribution in [0.1, 0.15) is 43.8 Å². The predicted molar refractivity (Wildman–Crippen MR) is 87.3 cm³/mol. The number of alkyl halides is 1. The molecule has 0 heterocycles. The number of aryl methyl sites for hydroxylation is 3. The Bertz CT molecular complexity index is 633. The Kier molecular flexibility index (Phi) is 4.33. The molecule has 0 saturated carbocycles. The zero-order valence-electron chi connectivity index (χ0n) is 12.6. The van der Waals surface area contributed by atoms with Crippen LogP contribution >= 0.6 is 15.9 Å². The van der Waals surface area contributed by atoms with Gasteiger partial charge in [-0.3, -0.25) is 0 Å². The highest BCUT2D eigenvalue weighted by Gasteiger charge is 2.18. The third-order valence-electron chi connectivity index (χ3n) is 4.15. The number of hydrogen-bond acceptors (Lipinski definition) is 0. The topological polar surface area (TPSA) is 0 Å². The van der Waals surface area contributed by atoms with E-state index in [1.165, 1.54) is 27.8 Å². The predicted octanol–water partition coefficient (Wildman–Crippen LogP) is 5.85. The van der Waals surface area contributed by atoms with Gasteiger partial charge in [0.1, 0.15) is 5.82 Å². The second-order valence-corrected chi connectivity index (χ2v) is 6.46. The van der Waals surface area contributed by atoms with Crippen LogP contribution in [0.15, 0.2) is 24.3 Å². The summed E-state index contributed by atoms with van der Waals surface area (Å²) < 4.78 is 13.4. The maximum atomic E-state index is 13.4. The van der Waals surface area contributed by atoms with Gasteiger partial charge in [-0.15, -0.1) is 0 Å². The van der Waals surface area contributed by atoms with E-state index in [9.17, 15) is 4.39 Å². The van der Waals surface area contributed by atoms with Crippen molar-refractivity contribution in [3.05, 3.63) is 69.0 Å². The first-order chi connectivity index (χ1) is 9.32. The summed E-state index contributed by atoms with van der Waals surface area (Å²) >= 11 is 3.80. The molecular weight excluding hydrogens is 315 g/mol. The molecule has 0 amide bonds. The monoisotopic (exact) mass is 334 g/mol. The summed E-state index contributed by atoms with van der Waals surface area (Å²) in [6.45, 7) is 10.4. The minimum atomic E-state index is -0.151. The molecule has 0 saturated heterocycles. The molecule has 20 heavy (non-hydrogen) atoms. The molecule has 0 aliphatic rings. The number of halogens is 2. The number of hydrogen-bond donors (Lipinski definition) is 0. The first-order valence-corrected chi connectivity index (χ1v) is 7.72. The van der Waals surface area contributed by atoms with Crippen molar-refractivity contribution in [3.8, 4) is 0 Å². The molecule has 2 aromatic rings. The van der Waals surface area contributed by atoms with Crippen molar-refractivity contribution < 1.29 is 4.39 Å². The fraction of sp³-hybridized carbons (Fsp3) is 0.333. The highest BCUT2D eigenvalue weighted by molar-refractivity contribution is 9.09. The van der Waals surface area contributed by atoms with E-state index in [2.05, 4.69) is 49.7 Å². The normalized spacial score (nSPS) is 12.6. The molecule has 2 rings (SSSR count). The Morgan fingerprint density at radius 1 is 0.850 bits per heavy atom. The first-order valence-electron chi connectivity index (χ1n) is 6.80. The molecule has 0 bridgehead atoms. The van der Waals surface area contributed by atoms with Crippen LogP contribution in [0, 0.1) is 40.4 Å². The Morgan fingerprint density at radius 3 is 1.90 bits per heavy atom. The summed E-state index contributed by atoms with van der Waals surface area (Å²) in [5, 5.41) is 0. The van der Waals surface area contributed by atoms with E-state index in [1.807, 2.05) is 12.1 Å². The van der Waals surface area contributed by atoms with E-state index in [0.717, 1.165) is 5.56 Å². The highest BCUT2D eigenvalue weighted by atomic mass is 79.9. The summed E-state index contributed by atoms with van der Waals surface area (Å²) in [6, 6.07) is 7.56. The van der Waals surface area contributed by atoms with Crippen LogP contribution in [-0.2, 0) is 0 Å². The van der Waals surface area contributed by atoms with Crippen molar-refractivity contribution in [3.63, 3.8) is 0 Å². The van der Waals surface area contributed by atoms with Crippen molar-refractivity contribution in [2.75, 3.05) is 0 Å². The van der Waals surface area contributed by atoms with Crippen LogP contribution in [0.5, 0.6) is 0 Å². The maximum absolute atomic E-state index is 13.4. The van der Waals surface area contributed by atoms with Gasteiger partial charge in [0.05, 0.1) is 4.83 Å². The lowest BCUT2D eigenvalue weighted by Gasteiger charge is -2.20. The van der Waals surface area contributed by atoms with Gasteiger partial charge in [-0.1, -0.05) is 34.1 Å². The van der Waals surface area contributed by atoms with Crippen LogP contribution < -0.4 is 0 Å². The fourth-order valence-electron chi connectivity index (χ4n) is 2.62. The van der Waals surface area contributed by atoms with Crippen molar-refractivity contribution in [1.29, 1.82) is 0 Å². The molecule has 0 aliphatic carbocycles. The van der Waals surface area contributed by atoms with E-state index in [4.69, 9.17) is 0 Å². The van der Waals surface area contributed by atoms with Crippen molar-refractivity contribution in [2.45, 2.75) is 39.4 Å². The van der Waals surface area contributed by atoms with E-state index >= 15 is 0 Å². The van der Waals surface area contributed by atoms with E-state index in [0.29, 0.717) is 5.56 Å². The molecule has 0 radical (unpaired) electrons. The van der Waals surface area contributed by atoms with Gasteiger partial charge < -0.3 is 0 Å². The molecule has 2 heteroatoms. The van der Waals surface area contributed by atoms with Gasteiger partial charge in [0.15, 0.2) is 0 Å². The van der Waals surface area contributed by atoms with Crippen LogP contribution in [0.2, 0.25) is 0 Å². The van der Waals surface area contributed by atoms with Gasteiger partial charge in [-0.2, -0.15) is 0 Å². The van der Waals surface area contributed by atoms with Gasteiger partial charge in [-0.25, -0.2) is 4.39 Å². The van der Waals surface area contributed by atoms with Crippen molar-refractivity contribution in [1.82, 2.24) is 0 Å². The Morgan fingerprint density at radius 2 is 1.40 bits per heavy atom. The highest BCUT2D eigenvalue weighted by Crippen LogP contribution is 2.37. The third kappa shape index (κ3) is 2.67. The smallest absolute Gasteiger partial charge is 0.126 e. The molecule has 0 aliphatic heterocycles. The van der Waals surface area contributed by atoms with Crippen molar-refractivity contribution in [2.24, 2.45) is 0 Å². The molecular formula is C18H20BrF. The van der Waals surface area contributed by atoms with Gasteiger partial charge in [0.25, 0.3) is 0 Å². The standard InChI is InChI=1S/C18H20BrF/c1-10-8-11(2)14(5)17(13(10)4)18(19)15-6-7-16(20)12(3)9-15/h6-9,18H,1-5H3. The Hall–Kier alpha value is -1.15. The maximum Gasteiger partial charge on any atom is 0.126 e. The van der Waals surface area contributed by atoms with Gasteiger partial charge >= 0.3 is 0 Å². The average molecular weight is 335 g/mol. The second-order valence-electron chi connectivity index (χ2n) is 5.55. The molecule has 0 fully saturated rings. The van der Waals surface area contributed by atoms with Crippen LogP contribution in [0.4, 0.5) is 4.39 Å². The van der Waals surface area contributed by atoms with E-state index in [1.54, 1.807) is 13.0 Å². The summed E-state index contributed by atoms with van der Waals surface area (Å²) in [7, 11) is 0. The zero-order valence-corrected chi connectivity index (χ0v) is 14.2. The molecule has 0 N–H and O–H groups in total. The molecule has 1 atom stereocenters. The number of rotatable bonds is 2. The average Bonchev–Trinajstić information content (AvgIpc) is 2.40. The fourth-order valence-corrected chi connectivity index (χ4v) is 3.59. The molecule has 1 unspecified atom stereocenters. The lowest BCUT2D eigenvalue weighted by molar-refractivity contribution is 0.617. The summed E-state index contributed by atoms with van der Waals surface area (Å²) in [5.41, 5.74) is 8.28. The Balaban J connectivity index is 2.58.